The van der Waals surface area contributed by atoms with Crippen molar-refractivity contribution in [1.82, 2.24) is 15.1 Å². The number of likely N-dealkylation sites (tertiary alicyclic amines) is 1. The molecule has 0 radical (unpaired) electrons. The Bertz CT molecular complexity index is 740. The summed E-state index contributed by atoms with van der Waals surface area (Å²) in [5.41, 5.74) is 0. The van der Waals surface area contributed by atoms with Gasteiger partial charge in [0, 0.05) is 5.92 Å². The molecule has 4 unspecified atom stereocenters. The number of carbonyl (C=O) groups excluding carboxylic acids is 3. The molecule has 25 heavy (non-hydrogen) atoms. The summed E-state index contributed by atoms with van der Waals surface area (Å²) >= 11 is 1.31. The number of imide groups is 1. The van der Waals surface area contributed by atoms with Crippen molar-refractivity contribution in [3.63, 3.8) is 0 Å². The summed E-state index contributed by atoms with van der Waals surface area (Å²) in [6.07, 6.45) is 6.03. The van der Waals surface area contributed by atoms with Crippen molar-refractivity contribution in [3.05, 3.63) is 17.2 Å². The van der Waals surface area contributed by atoms with Gasteiger partial charge in [0.1, 0.15) is 11.6 Å². The van der Waals surface area contributed by atoms with Crippen LogP contribution in [0.2, 0.25) is 0 Å². The number of amides is 3. The zero-order valence-corrected chi connectivity index (χ0v) is 15.0. The quantitative estimate of drug-likeness (QED) is 0.653. The van der Waals surface area contributed by atoms with E-state index < -0.39 is 5.91 Å². The molecule has 2 fully saturated rings. The first-order chi connectivity index (χ1) is 12.0. The Hall–Kier alpha value is -2.09. The fraction of sp³-hybridized carbons (Fsp3) is 0.588. The zero-order valence-electron chi connectivity index (χ0n) is 14.1. The molecule has 132 valence electrons. The van der Waals surface area contributed by atoms with E-state index in [1.807, 2.05) is 13.8 Å². The fourth-order valence-corrected chi connectivity index (χ4v) is 4.87. The van der Waals surface area contributed by atoms with Gasteiger partial charge in [0.15, 0.2) is 0 Å². The third-order valence-corrected chi connectivity index (χ3v) is 6.47. The monoisotopic (exact) mass is 360 g/mol. The number of anilines is 1. The van der Waals surface area contributed by atoms with Gasteiger partial charge in [-0.1, -0.05) is 37.3 Å². The van der Waals surface area contributed by atoms with Crippen molar-refractivity contribution in [2.75, 3.05) is 11.9 Å². The van der Waals surface area contributed by atoms with Gasteiger partial charge in [-0.25, -0.2) is 0 Å². The van der Waals surface area contributed by atoms with E-state index in [-0.39, 0.29) is 47.9 Å². The number of fused-ring (bicyclic) bond motifs is 1. The van der Waals surface area contributed by atoms with Gasteiger partial charge in [-0.15, -0.1) is 10.2 Å². The molecule has 1 saturated carbocycles. The molecular formula is C17H20N4O3S. The van der Waals surface area contributed by atoms with Crippen molar-refractivity contribution in [1.29, 1.82) is 0 Å². The normalized spacial score (nSPS) is 30.3. The van der Waals surface area contributed by atoms with Crippen LogP contribution in [0, 0.1) is 23.7 Å². The van der Waals surface area contributed by atoms with Crippen LogP contribution in [0.1, 0.15) is 37.6 Å². The number of hydrogen-bond donors (Lipinski definition) is 1. The predicted molar refractivity (Wildman–Crippen MR) is 91.7 cm³/mol. The van der Waals surface area contributed by atoms with Gasteiger partial charge in [-0.3, -0.25) is 24.6 Å². The maximum atomic E-state index is 12.7. The molecule has 1 saturated heterocycles. The van der Waals surface area contributed by atoms with E-state index >= 15 is 0 Å². The second-order valence-corrected chi connectivity index (χ2v) is 8.26. The molecule has 8 heteroatoms. The number of aromatic nitrogens is 2. The number of hydrogen-bond acceptors (Lipinski definition) is 6. The summed E-state index contributed by atoms with van der Waals surface area (Å²) in [7, 11) is 0. The van der Waals surface area contributed by atoms with E-state index in [9.17, 15) is 14.4 Å². The molecular weight excluding hydrogens is 340 g/mol. The Morgan fingerprint density at radius 1 is 1.20 bits per heavy atom. The lowest BCUT2D eigenvalue weighted by atomic mass is 9.63. The molecule has 5 rings (SSSR count). The van der Waals surface area contributed by atoms with Crippen LogP contribution < -0.4 is 5.32 Å². The predicted octanol–water partition coefficient (Wildman–Crippen LogP) is 1.80. The van der Waals surface area contributed by atoms with Crippen LogP contribution in [0.3, 0.4) is 0 Å². The van der Waals surface area contributed by atoms with Crippen molar-refractivity contribution in [2.45, 2.75) is 32.6 Å². The number of nitrogens with zero attached hydrogens (tertiary/aromatic N) is 3. The van der Waals surface area contributed by atoms with E-state index in [0.29, 0.717) is 5.13 Å². The van der Waals surface area contributed by atoms with E-state index in [2.05, 4.69) is 27.7 Å². The number of carbonyl (C=O) groups is 3. The van der Waals surface area contributed by atoms with Gasteiger partial charge in [-0.2, -0.15) is 0 Å². The molecule has 4 aliphatic rings. The second kappa shape index (κ2) is 6.01. The summed E-state index contributed by atoms with van der Waals surface area (Å²) < 4.78 is 0. The highest BCUT2D eigenvalue weighted by atomic mass is 32.1. The molecule has 1 N–H and O–H groups in total. The molecule has 0 spiro atoms. The van der Waals surface area contributed by atoms with Crippen molar-refractivity contribution in [2.24, 2.45) is 23.7 Å². The zero-order chi connectivity index (χ0) is 17.7. The molecule has 7 nitrogen and oxygen atoms in total. The number of nitrogens with one attached hydrogen (secondary N) is 1. The first kappa shape index (κ1) is 16.4. The summed E-state index contributed by atoms with van der Waals surface area (Å²) in [4.78, 5) is 38.8. The largest absolute Gasteiger partial charge is 0.299 e. The van der Waals surface area contributed by atoms with Crippen molar-refractivity contribution in [3.8, 4) is 0 Å². The summed E-state index contributed by atoms with van der Waals surface area (Å²) in [6.45, 7) is 3.75. The van der Waals surface area contributed by atoms with E-state index in [1.165, 1.54) is 11.3 Å². The van der Waals surface area contributed by atoms with Crippen LogP contribution in [0.25, 0.3) is 0 Å². The van der Waals surface area contributed by atoms with Gasteiger partial charge in [-0.05, 0) is 24.7 Å². The fourth-order valence-electron chi connectivity index (χ4n) is 4.11. The van der Waals surface area contributed by atoms with Gasteiger partial charge in [0.05, 0.1) is 11.8 Å². The Balaban J connectivity index is 1.45. The van der Waals surface area contributed by atoms with Crippen LogP contribution in [0.15, 0.2) is 12.2 Å². The minimum Gasteiger partial charge on any atom is -0.299 e. The third-order valence-electron chi connectivity index (χ3n) is 5.33. The average Bonchev–Trinajstić information content (AvgIpc) is 3.16. The lowest BCUT2D eigenvalue weighted by Gasteiger charge is -2.38. The number of allylic oxidation sites excluding steroid dienone is 2. The minimum atomic E-state index is -0.410. The molecule has 2 bridgehead atoms. The van der Waals surface area contributed by atoms with Gasteiger partial charge in [0.25, 0.3) is 0 Å². The summed E-state index contributed by atoms with van der Waals surface area (Å²) in [5, 5.41) is 11.8. The van der Waals surface area contributed by atoms with Gasteiger partial charge in [0.2, 0.25) is 22.9 Å². The first-order valence-electron chi connectivity index (χ1n) is 8.62. The van der Waals surface area contributed by atoms with Crippen LogP contribution >= 0.6 is 11.3 Å². The third kappa shape index (κ3) is 2.68. The average molecular weight is 360 g/mol. The van der Waals surface area contributed by atoms with Crippen LogP contribution in [0.4, 0.5) is 5.13 Å². The highest BCUT2D eigenvalue weighted by Crippen LogP contribution is 2.49. The van der Waals surface area contributed by atoms with Gasteiger partial charge < -0.3 is 0 Å². The number of rotatable bonds is 4. The molecule has 1 aromatic rings. The molecule has 1 aliphatic heterocycles. The van der Waals surface area contributed by atoms with Crippen molar-refractivity contribution >= 4 is 34.2 Å². The highest BCUT2D eigenvalue weighted by Gasteiger charge is 2.56. The van der Waals surface area contributed by atoms with Crippen LogP contribution in [-0.4, -0.2) is 39.4 Å². The second-order valence-electron chi connectivity index (χ2n) is 7.25. The van der Waals surface area contributed by atoms with E-state index in [1.54, 1.807) is 0 Å². The topological polar surface area (TPSA) is 92.3 Å². The lowest BCUT2D eigenvalue weighted by Crippen LogP contribution is -2.38. The first-order valence-corrected chi connectivity index (χ1v) is 9.44. The SMILES string of the molecule is CC(C)c1nnc(NC(=O)CN2C(=O)C3C4C=CC(CC4)C3C2=O)s1. The van der Waals surface area contributed by atoms with Crippen LogP contribution in [0.5, 0.6) is 0 Å². The smallest absolute Gasteiger partial charge is 0.246 e. The molecule has 3 aliphatic carbocycles. The molecule has 1 aromatic heterocycles. The lowest BCUT2D eigenvalue weighted by molar-refractivity contribution is -0.142. The Kier molecular flexibility index (Phi) is 3.94. The molecule has 0 aromatic carbocycles. The van der Waals surface area contributed by atoms with Crippen LogP contribution in [-0.2, 0) is 14.4 Å². The Morgan fingerprint density at radius 2 is 1.80 bits per heavy atom. The maximum Gasteiger partial charge on any atom is 0.246 e. The van der Waals surface area contributed by atoms with Crippen molar-refractivity contribution < 1.29 is 14.4 Å². The minimum absolute atomic E-state index is 0.135. The summed E-state index contributed by atoms with van der Waals surface area (Å²) in [6, 6.07) is 0. The van der Waals surface area contributed by atoms with E-state index in [0.717, 1.165) is 22.7 Å². The van der Waals surface area contributed by atoms with E-state index in [4.69, 9.17) is 0 Å². The standard InChI is InChI=1S/C17H20N4O3S/c1-8(2)14-19-20-17(25-14)18-11(22)7-21-15(23)12-9-3-4-10(6-5-9)13(12)16(21)24/h3-4,8-10,12-13H,5-7H2,1-2H3,(H,18,20,22). The Morgan fingerprint density at radius 3 is 2.28 bits per heavy atom. The highest BCUT2D eigenvalue weighted by molar-refractivity contribution is 7.15. The maximum absolute atomic E-state index is 12.7. The van der Waals surface area contributed by atoms with Gasteiger partial charge >= 0.3 is 0 Å². The summed E-state index contributed by atoms with van der Waals surface area (Å²) in [5.74, 6) is -0.874. The molecule has 2 heterocycles. The Labute approximate surface area is 149 Å². The molecule has 3 amide bonds. The molecule has 4 atom stereocenters.